The molecule has 0 bridgehead atoms. The van der Waals surface area contributed by atoms with Gasteiger partial charge in [-0.1, -0.05) is 12.1 Å². The highest BCUT2D eigenvalue weighted by molar-refractivity contribution is 5.90. The molecular formula is C19H26F3N3O3. The van der Waals surface area contributed by atoms with Gasteiger partial charge >= 0.3 is 18.3 Å². The van der Waals surface area contributed by atoms with Gasteiger partial charge in [0.2, 0.25) is 0 Å². The molecule has 0 spiro atoms. The molecule has 0 aliphatic carbocycles. The molecule has 3 amide bonds. The van der Waals surface area contributed by atoms with Gasteiger partial charge in [-0.15, -0.1) is 0 Å². The number of benzene rings is 1. The Bertz CT molecular complexity index is 702. The van der Waals surface area contributed by atoms with E-state index in [4.69, 9.17) is 4.74 Å². The van der Waals surface area contributed by atoms with Crippen LogP contribution in [0.1, 0.15) is 45.6 Å². The zero-order valence-corrected chi connectivity index (χ0v) is 16.2. The number of amides is 3. The highest BCUT2D eigenvalue weighted by Gasteiger charge is 2.35. The molecule has 1 fully saturated rings. The molecule has 28 heavy (non-hydrogen) atoms. The van der Waals surface area contributed by atoms with E-state index < -0.39 is 29.5 Å². The van der Waals surface area contributed by atoms with Crippen LogP contribution in [0.2, 0.25) is 0 Å². The number of nitrogens with zero attached hydrogens (tertiary/aromatic N) is 1. The monoisotopic (exact) mass is 401 g/mol. The average molecular weight is 401 g/mol. The smallest absolute Gasteiger partial charge is 0.418 e. The molecule has 1 atom stereocenters. The highest BCUT2D eigenvalue weighted by atomic mass is 19.4. The third-order valence-electron chi connectivity index (χ3n) is 4.24. The van der Waals surface area contributed by atoms with E-state index in [-0.39, 0.29) is 18.3 Å². The molecule has 0 unspecified atom stereocenters. The fraction of sp³-hybridized carbons (Fsp3) is 0.579. The van der Waals surface area contributed by atoms with Gasteiger partial charge in [-0.05, 0) is 52.2 Å². The molecule has 9 heteroatoms. The van der Waals surface area contributed by atoms with Crippen LogP contribution < -0.4 is 10.6 Å². The Morgan fingerprint density at radius 2 is 1.86 bits per heavy atom. The number of alkyl halides is 3. The van der Waals surface area contributed by atoms with E-state index in [1.54, 1.807) is 20.8 Å². The number of alkyl carbamates (subject to hydrolysis) is 1. The first-order valence-corrected chi connectivity index (χ1v) is 9.18. The summed E-state index contributed by atoms with van der Waals surface area (Å²) >= 11 is 0. The predicted molar refractivity (Wildman–Crippen MR) is 99.0 cm³/mol. The van der Waals surface area contributed by atoms with E-state index in [1.165, 1.54) is 23.1 Å². The number of hydrogen-bond donors (Lipinski definition) is 2. The fourth-order valence-corrected chi connectivity index (χ4v) is 3.02. The van der Waals surface area contributed by atoms with Gasteiger partial charge in [-0.2, -0.15) is 13.2 Å². The number of anilines is 1. The van der Waals surface area contributed by atoms with Crippen molar-refractivity contribution in [2.24, 2.45) is 0 Å². The summed E-state index contributed by atoms with van der Waals surface area (Å²) in [4.78, 5) is 25.9. The summed E-state index contributed by atoms with van der Waals surface area (Å²) in [6, 6.07) is 3.91. The number of ether oxygens (including phenoxy) is 1. The van der Waals surface area contributed by atoms with E-state index >= 15 is 0 Å². The summed E-state index contributed by atoms with van der Waals surface area (Å²) in [5.74, 6) is 0. The number of rotatable bonds is 3. The number of halogens is 3. The Labute approximate surface area is 162 Å². The Hall–Kier alpha value is -2.45. The van der Waals surface area contributed by atoms with Crippen LogP contribution >= 0.6 is 0 Å². The number of carbonyl (C=O) groups excluding carboxylic acids is 2. The molecule has 1 aliphatic rings. The molecule has 2 rings (SSSR count). The molecule has 0 radical (unpaired) electrons. The fourth-order valence-electron chi connectivity index (χ4n) is 3.02. The van der Waals surface area contributed by atoms with Crippen molar-refractivity contribution < 1.29 is 27.5 Å². The van der Waals surface area contributed by atoms with Crippen molar-refractivity contribution in [3.63, 3.8) is 0 Å². The lowest BCUT2D eigenvalue weighted by Gasteiger charge is -2.36. The van der Waals surface area contributed by atoms with Crippen LogP contribution in [0.4, 0.5) is 28.4 Å². The quantitative estimate of drug-likeness (QED) is 0.777. The van der Waals surface area contributed by atoms with Crippen molar-refractivity contribution >= 4 is 17.8 Å². The van der Waals surface area contributed by atoms with E-state index in [9.17, 15) is 22.8 Å². The van der Waals surface area contributed by atoms with Gasteiger partial charge in [0.1, 0.15) is 5.60 Å². The second kappa shape index (κ2) is 8.70. The maximum absolute atomic E-state index is 13.1. The highest BCUT2D eigenvalue weighted by Crippen LogP contribution is 2.34. The third kappa shape index (κ3) is 6.31. The second-order valence-corrected chi connectivity index (χ2v) is 7.70. The van der Waals surface area contributed by atoms with Gasteiger partial charge in [-0.25, -0.2) is 9.59 Å². The minimum absolute atomic E-state index is 0.170. The van der Waals surface area contributed by atoms with E-state index in [1.807, 2.05) is 0 Å². The molecule has 0 saturated carbocycles. The Morgan fingerprint density at radius 3 is 2.50 bits per heavy atom. The molecule has 1 aliphatic heterocycles. The van der Waals surface area contributed by atoms with Crippen molar-refractivity contribution in [1.82, 2.24) is 10.2 Å². The van der Waals surface area contributed by atoms with Gasteiger partial charge in [0, 0.05) is 13.1 Å². The number of nitrogens with one attached hydrogen (secondary N) is 2. The van der Waals surface area contributed by atoms with E-state index in [2.05, 4.69) is 10.6 Å². The molecule has 1 aromatic rings. The number of urea groups is 1. The molecule has 0 aromatic heterocycles. The summed E-state index contributed by atoms with van der Waals surface area (Å²) in [7, 11) is 0. The van der Waals surface area contributed by atoms with Crippen molar-refractivity contribution in [3.05, 3.63) is 29.8 Å². The van der Waals surface area contributed by atoms with Crippen molar-refractivity contribution in [2.45, 2.75) is 57.9 Å². The number of hydrogen-bond acceptors (Lipinski definition) is 3. The van der Waals surface area contributed by atoms with Crippen molar-refractivity contribution in [3.8, 4) is 0 Å². The number of carbonyl (C=O) groups is 2. The van der Waals surface area contributed by atoms with Crippen LogP contribution in [-0.4, -0.2) is 41.8 Å². The minimum Gasteiger partial charge on any atom is -0.444 e. The van der Waals surface area contributed by atoms with Crippen LogP contribution in [0.3, 0.4) is 0 Å². The Kier molecular flexibility index (Phi) is 6.79. The summed E-state index contributed by atoms with van der Waals surface area (Å²) in [5.41, 5.74) is -1.83. The predicted octanol–water partition coefficient (Wildman–Crippen LogP) is 4.62. The summed E-state index contributed by atoms with van der Waals surface area (Å²) < 4.78 is 44.6. The van der Waals surface area contributed by atoms with Gasteiger partial charge < -0.3 is 20.3 Å². The normalized spacial score (nSPS) is 17.8. The molecular weight excluding hydrogens is 375 g/mol. The summed E-state index contributed by atoms with van der Waals surface area (Å²) in [5, 5.41) is 5.00. The second-order valence-electron chi connectivity index (χ2n) is 7.70. The summed E-state index contributed by atoms with van der Waals surface area (Å²) in [6.45, 7) is 5.80. The minimum atomic E-state index is -4.57. The standard InChI is InChI=1S/C19H26F3N3O3/c1-18(2,3)28-17(27)23-12-13-8-6-7-11-25(13)16(26)24-15-10-5-4-9-14(15)19(20,21)22/h4-5,9-10,13H,6-8,11-12H2,1-3H3,(H,23,27)(H,24,26)/t13-/m0/s1. The lowest BCUT2D eigenvalue weighted by Crippen LogP contribution is -2.51. The molecule has 6 nitrogen and oxygen atoms in total. The summed E-state index contributed by atoms with van der Waals surface area (Å²) in [6.07, 6.45) is -2.91. The zero-order chi connectivity index (χ0) is 20.9. The topological polar surface area (TPSA) is 70.7 Å². The number of para-hydroxylation sites is 1. The van der Waals surface area contributed by atoms with Gasteiger partial charge in [0.25, 0.3) is 0 Å². The van der Waals surface area contributed by atoms with Crippen molar-refractivity contribution in [1.29, 1.82) is 0 Å². The maximum atomic E-state index is 13.1. The van der Waals surface area contributed by atoms with Crippen molar-refractivity contribution in [2.75, 3.05) is 18.4 Å². The third-order valence-corrected chi connectivity index (χ3v) is 4.24. The Morgan fingerprint density at radius 1 is 1.18 bits per heavy atom. The Balaban J connectivity index is 2.04. The molecule has 2 N–H and O–H groups in total. The zero-order valence-electron chi connectivity index (χ0n) is 16.2. The largest absolute Gasteiger partial charge is 0.444 e. The first-order valence-electron chi connectivity index (χ1n) is 9.18. The first-order chi connectivity index (χ1) is 13.0. The molecule has 1 aromatic carbocycles. The number of likely N-dealkylation sites (tertiary alicyclic amines) is 1. The lowest BCUT2D eigenvalue weighted by atomic mass is 10.0. The molecule has 1 saturated heterocycles. The SMILES string of the molecule is CC(C)(C)OC(=O)NC[C@@H]1CCCCN1C(=O)Nc1ccccc1C(F)(F)F. The van der Waals surface area contributed by atoms with E-state index in [0.29, 0.717) is 13.0 Å². The van der Waals surface area contributed by atoms with Crippen LogP contribution in [0.5, 0.6) is 0 Å². The van der Waals surface area contributed by atoms with Gasteiger partial charge in [-0.3, -0.25) is 0 Å². The van der Waals surface area contributed by atoms with E-state index in [0.717, 1.165) is 18.9 Å². The van der Waals surface area contributed by atoms with Crippen LogP contribution in [-0.2, 0) is 10.9 Å². The molecule has 156 valence electrons. The van der Waals surface area contributed by atoms with Gasteiger partial charge in [0.05, 0.1) is 17.3 Å². The van der Waals surface area contributed by atoms with Crippen LogP contribution in [0.15, 0.2) is 24.3 Å². The molecule has 1 heterocycles. The van der Waals surface area contributed by atoms with Gasteiger partial charge in [0.15, 0.2) is 0 Å². The maximum Gasteiger partial charge on any atom is 0.418 e. The van der Waals surface area contributed by atoms with Crippen LogP contribution in [0, 0.1) is 0 Å². The average Bonchev–Trinajstić information content (AvgIpc) is 2.58. The lowest BCUT2D eigenvalue weighted by molar-refractivity contribution is -0.136. The number of piperidine rings is 1. The first kappa shape index (κ1) is 21.8. The van der Waals surface area contributed by atoms with Crippen LogP contribution in [0.25, 0.3) is 0 Å².